The molecule has 2 rings (SSSR count). The third-order valence-corrected chi connectivity index (χ3v) is 2.67. The van der Waals surface area contributed by atoms with Gasteiger partial charge in [-0.1, -0.05) is 0 Å². The van der Waals surface area contributed by atoms with Crippen LogP contribution in [0.25, 0.3) is 0 Å². The molecule has 13 heavy (non-hydrogen) atoms. The molecule has 0 aromatic carbocycles. The number of rotatable bonds is 2. The molecule has 0 spiro atoms. The van der Waals surface area contributed by atoms with Crippen molar-refractivity contribution < 1.29 is 5.11 Å². The molecule has 1 aliphatic rings. The fraction of sp³-hybridized carbons (Fsp3) is 0.667. The van der Waals surface area contributed by atoms with E-state index in [1.54, 1.807) is 12.5 Å². The summed E-state index contributed by atoms with van der Waals surface area (Å²) in [4.78, 5) is 6.86. The van der Waals surface area contributed by atoms with Gasteiger partial charge < -0.3 is 15.4 Å². The minimum absolute atomic E-state index is 0.371. The van der Waals surface area contributed by atoms with Crippen LogP contribution in [-0.4, -0.2) is 28.2 Å². The Balaban J connectivity index is 1.99. The Labute approximate surface area is 77.4 Å². The second kappa shape index (κ2) is 3.89. The Morgan fingerprint density at radius 2 is 2.23 bits per heavy atom. The summed E-state index contributed by atoms with van der Waals surface area (Å²) in [6.45, 7) is 2.02. The summed E-state index contributed by atoms with van der Waals surface area (Å²) < 4.78 is 0. The molecule has 0 saturated carbocycles. The van der Waals surface area contributed by atoms with Gasteiger partial charge in [-0.3, -0.25) is 0 Å². The Morgan fingerprint density at radius 3 is 2.85 bits per heavy atom. The Bertz CT molecular complexity index is 241. The maximum absolute atomic E-state index is 9.94. The summed E-state index contributed by atoms with van der Waals surface area (Å²) in [7, 11) is 0. The average molecular weight is 181 g/mol. The van der Waals surface area contributed by atoms with E-state index < -0.39 is 0 Å². The first kappa shape index (κ1) is 8.72. The average Bonchev–Trinajstić information content (AvgIpc) is 2.71. The molecular weight excluding hydrogens is 166 g/mol. The van der Waals surface area contributed by atoms with Gasteiger partial charge in [0.05, 0.1) is 24.3 Å². The van der Waals surface area contributed by atoms with Gasteiger partial charge in [-0.15, -0.1) is 0 Å². The van der Waals surface area contributed by atoms with E-state index in [4.69, 9.17) is 0 Å². The van der Waals surface area contributed by atoms with Crippen LogP contribution in [0.15, 0.2) is 12.5 Å². The van der Waals surface area contributed by atoms with E-state index in [-0.39, 0.29) is 6.10 Å². The van der Waals surface area contributed by atoms with E-state index in [1.165, 1.54) is 0 Å². The van der Waals surface area contributed by atoms with Crippen LogP contribution in [0, 0.1) is 5.92 Å². The number of nitrogens with zero attached hydrogens (tertiary/aromatic N) is 1. The predicted octanol–water partition coefficient (Wildman–Crippen LogP) is 0.443. The zero-order valence-corrected chi connectivity index (χ0v) is 7.53. The second-order valence-electron chi connectivity index (χ2n) is 3.54. The molecule has 1 aromatic heterocycles. The fourth-order valence-corrected chi connectivity index (χ4v) is 1.84. The predicted molar refractivity (Wildman–Crippen MR) is 49.1 cm³/mol. The summed E-state index contributed by atoms with van der Waals surface area (Å²) >= 11 is 0. The van der Waals surface area contributed by atoms with Crippen LogP contribution < -0.4 is 5.32 Å². The lowest BCUT2D eigenvalue weighted by Crippen LogP contribution is -2.30. The summed E-state index contributed by atoms with van der Waals surface area (Å²) in [5.41, 5.74) is 0.840. The Morgan fingerprint density at radius 1 is 1.46 bits per heavy atom. The van der Waals surface area contributed by atoms with Gasteiger partial charge in [0.2, 0.25) is 0 Å². The smallest absolute Gasteiger partial charge is 0.0982 e. The van der Waals surface area contributed by atoms with Gasteiger partial charge in [-0.25, -0.2) is 4.98 Å². The number of hydrogen-bond donors (Lipinski definition) is 3. The van der Waals surface area contributed by atoms with Gasteiger partial charge in [0, 0.05) is 0 Å². The molecule has 0 bridgehead atoms. The SMILES string of the molecule is O[C@H](c1cnc[nH]1)C1CCNCC1. The van der Waals surface area contributed by atoms with Gasteiger partial charge in [0.25, 0.3) is 0 Å². The van der Waals surface area contributed by atoms with Crippen LogP contribution in [0.4, 0.5) is 0 Å². The Kier molecular flexibility index (Phi) is 2.61. The van der Waals surface area contributed by atoms with Crippen molar-refractivity contribution in [1.29, 1.82) is 0 Å². The molecule has 0 amide bonds. The highest BCUT2D eigenvalue weighted by molar-refractivity contribution is 5.01. The lowest BCUT2D eigenvalue weighted by molar-refractivity contribution is 0.0855. The van der Waals surface area contributed by atoms with Crippen LogP contribution in [0.5, 0.6) is 0 Å². The van der Waals surface area contributed by atoms with Crippen molar-refractivity contribution in [1.82, 2.24) is 15.3 Å². The maximum atomic E-state index is 9.94. The normalized spacial score (nSPS) is 21.6. The number of aliphatic hydroxyl groups excluding tert-OH is 1. The van der Waals surface area contributed by atoms with Crippen molar-refractivity contribution in [3.8, 4) is 0 Å². The minimum Gasteiger partial charge on any atom is -0.387 e. The standard InChI is InChI=1S/C9H15N3O/c13-9(8-5-11-6-12-8)7-1-3-10-4-2-7/h5-7,9-10,13H,1-4H2,(H,11,12)/t9-/m0/s1. The van der Waals surface area contributed by atoms with Crippen molar-refractivity contribution in [2.75, 3.05) is 13.1 Å². The van der Waals surface area contributed by atoms with Crippen LogP contribution in [0.2, 0.25) is 0 Å². The van der Waals surface area contributed by atoms with E-state index in [9.17, 15) is 5.11 Å². The first-order valence-corrected chi connectivity index (χ1v) is 4.75. The zero-order chi connectivity index (χ0) is 9.10. The van der Waals surface area contributed by atoms with Crippen molar-refractivity contribution in [2.45, 2.75) is 18.9 Å². The highest BCUT2D eigenvalue weighted by Crippen LogP contribution is 2.26. The van der Waals surface area contributed by atoms with Gasteiger partial charge >= 0.3 is 0 Å². The molecule has 0 aliphatic carbocycles. The largest absolute Gasteiger partial charge is 0.387 e. The number of hydrogen-bond acceptors (Lipinski definition) is 3. The molecule has 0 radical (unpaired) electrons. The molecule has 2 heterocycles. The third kappa shape index (κ3) is 1.89. The number of imidazole rings is 1. The summed E-state index contributed by atoms with van der Waals surface area (Å²) in [6.07, 6.45) is 5.02. The van der Waals surface area contributed by atoms with Crippen LogP contribution in [-0.2, 0) is 0 Å². The molecule has 1 atom stereocenters. The summed E-state index contributed by atoms with van der Waals surface area (Å²) in [6, 6.07) is 0. The first-order valence-electron chi connectivity index (χ1n) is 4.75. The van der Waals surface area contributed by atoms with Gasteiger partial charge in [-0.05, 0) is 31.8 Å². The van der Waals surface area contributed by atoms with E-state index in [0.29, 0.717) is 5.92 Å². The lowest BCUT2D eigenvalue weighted by Gasteiger charge is -2.26. The van der Waals surface area contributed by atoms with Crippen LogP contribution >= 0.6 is 0 Å². The number of H-pyrrole nitrogens is 1. The number of aromatic amines is 1. The van der Waals surface area contributed by atoms with E-state index in [1.807, 2.05) is 0 Å². The number of piperidine rings is 1. The van der Waals surface area contributed by atoms with Crippen molar-refractivity contribution in [3.05, 3.63) is 18.2 Å². The second-order valence-corrected chi connectivity index (χ2v) is 3.54. The topological polar surface area (TPSA) is 60.9 Å². The number of nitrogens with one attached hydrogen (secondary N) is 2. The molecule has 1 aliphatic heterocycles. The molecule has 1 saturated heterocycles. The monoisotopic (exact) mass is 181 g/mol. The summed E-state index contributed by atoms with van der Waals surface area (Å²) in [5.74, 6) is 0.377. The van der Waals surface area contributed by atoms with Gasteiger partial charge in [0.1, 0.15) is 0 Å². The van der Waals surface area contributed by atoms with Crippen molar-refractivity contribution in [3.63, 3.8) is 0 Å². The highest BCUT2D eigenvalue weighted by atomic mass is 16.3. The third-order valence-electron chi connectivity index (χ3n) is 2.67. The van der Waals surface area contributed by atoms with Crippen LogP contribution in [0.3, 0.4) is 0 Å². The molecule has 0 unspecified atom stereocenters. The number of aliphatic hydroxyl groups is 1. The van der Waals surface area contributed by atoms with Crippen molar-refractivity contribution in [2.24, 2.45) is 5.92 Å². The molecule has 3 N–H and O–H groups in total. The van der Waals surface area contributed by atoms with Crippen molar-refractivity contribution >= 4 is 0 Å². The van der Waals surface area contributed by atoms with E-state index in [0.717, 1.165) is 31.6 Å². The molecule has 72 valence electrons. The zero-order valence-electron chi connectivity index (χ0n) is 7.53. The molecule has 4 nitrogen and oxygen atoms in total. The quantitative estimate of drug-likeness (QED) is 0.620. The maximum Gasteiger partial charge on any atom is 0.0982 e. The molecular formula is C9H15N3O. The number of aromatic nitrogens is 2. The lowest BCUT2D eigenvalue weighted by atomic mass is 9.91. The summed E-state index contributed by atoms with van der Waals surface area (Å²) in [5, 5.41) is 13.2. The van der Waals surface area contributed by atoms with E-state index in [2.05, 4.69) is 15.3 Å². The molecule has 4 heteroatoms. The van der Waals surface area contributed by atoms with Gasteiger partial charge in [-0.2, -0.15) is 0 Å². The van der Waals surface area contributed by atoms with Gasteiger partial charge in [0.15, 0.2) is 0 Å². The van der Waals surface area contributed by atoms with Crippen LogP contribution in [0.1, 0.15) is 24.6 Å². The fourth-order valence-electron chi connectivity index (χ4n) is 1.84. The Hall–Kier alpha value is -0.870. The minimum atomic E-state index is -0.371. The van der Waals surface area contributed by atoms with E-state index >= 15 is 0 Å². The first-order chi connectivity index (χ1) is 6.38. The highest BCUT2D eigenvalue weighted by Gasteiger charge is 2.23. The molecule has 1 fully saturated rings. The molecule has 1 aromatic rings.